The lowest BCUT2D eigenvalue weighted by Gasteiger charge is -2.35. The Morgan fingerprint density at radius 2 is 2.00 bits per heavy atom. The second kappa shape index (κ2) is 5.53. The van der Waals surface area contributed by atoms with E-state index in [4.69, 9.17) is 9.47 Å². The van der Waals surface area contributed by atoms with Gasteiger partial charge in [-0.15, -0.1) is 0 Å². The number of aliphatic imine (C=N–C) groups is 1. The van der Waals surface area contributed by atoms with Crippen LogP contribution in [0.4, 0.5) is 0 Å². The van der Waals surface area contributed by atoms with Gasteiger partial charge in [-0.1, -0.05) is 27.7 Å². The van der Waals surface area contributed by atoms with E-state index >= 15 is 0 Å². The average molecular weight is 283 g/mol. The highest BCUT2D eigenvalue weighted by Gasteiger charge is 2.65. The number of rotatable bonds is 3. The maximum Gasteiger partial charge on any atom is 0.194 e. The van der Waals surface area contributed by atoms with Crippen LogP contribution < -0.4 is 5.32 Å². The molecular formula is C15H29N3O2. The van der Waals surface area contributed by atoms with Crippen LogP contribution in [0.2, 0.25) is 0 Å². The molecule has 116 valence electrons. The van der Waals surface area contributed by atoms with Crippen LogP contribution >= 0.6 is 0 Å². The van der Waals surface area contributed by atoms with Gasteiger partial charge in [-0.25, -0.2) is 0 Å². The summed E-state index contributed by atoms with van der Waals surface area (Å²) in [6.07, 6.45) is 0.132. The summed E-state index contributed by atoms with van der Waals surface area (Å²) in [5, 5.41) is 3.63. The fraction of sp³-hybridized carbons (Fsp3) is 0.933. The third kappa shape index (κ3) is 2.66. The van der Waals surface area contributed by atoms with E-state index in [2.05, 4.69) is 42.9 Å². The molecule has 0 spiro atoms. The van der Waals surface area contributed by atoms with Crippen molar-refractivity contribution in [2.45, 2.75) is 39.8 Å². The SMILES string of the molecule is CN=C(NC1C(C)(C)C1(C)C)N1CCOC(COC)C1. The summed E-state index contributed by atoms with van der Waals surface area (Å²) in [4.78, 5) is 6.73. The lowest BCUT2D eigenvalue weighted by Crippen LogP contribution is -2.52. The Hall–Kier alpha value is -0.810. The molecule has 1 N–H and O–H groups in total. The molecule has 1 aliphatic carbocycles. The second-order valence-electron chi connectivity index (χ2n) is 6.96. The van der Waals surface area contributed by atoms with Crippen molar-refractivity contribution in [3.8, 4) is 0 Å². The zero-order chi connectivity index (χ0) is 15.0. The van der Waals surface area contributed by atoms with Crippen molar-refractivity contribution in [3.63, 3.8) is 0 Å². The van der Waals surface area contributed by atoms with Crippen LogP contribution in [0.3, 0.4) is 0 Å². The summed E-state index contributed by atoms with van der Waals surface area (Å²) in [5.74, 6) is 0.984. The predicted molar refractivity (Wildman–Crippen MR) is 81.0 cm³/mol. The molecule has 1 aliphatic heterocycles. The van der Waals surface area contributed by atoms with Crippen LogP contribution in [0, 0.1) is 10.8 Å². The molecule has 1 atom stereocenters. The van der Waals surface area contributed by atoms with Gasteiger partial charge >= 0.3 is 0 Å². The average Bonchev–Trinajstić information content (AvgIpc) is 2.78. The number of hydrogen-bond donors (Lipinski definition) is 1. The summed E-state index contributed by atoms with van der Waals surface area (Å²) < 4.78 is 10.9. The minimum atomic E-state index is 0.132. The van der Waals surface area contributed by atoms with Gasteiger partial charge in [0.2, 0.25) is 0 Å². The van der Waals surface area contributed by atoms with E-state index < -0.39 is 0 Å². The topological polar surface area (TPSA) is 46.1 Å². The molecule has 0 radical (unpaired) electrons. The molecule has 20 heavy (non-hydrogen) atoms. The number of nitrogens with zero attached hydrogens (tertiary/aromatic N) is 2. The van der Waals surface area contributed by atoms with Crippen LogP contribution in [-0.4, -0.2) is 63.5 Å². The number of morpholine rings is 1. The highest BCUT2D eigenvalue weighted by atomic mass is 16.5. The summed E-state index contributed by atoms with van der Waals surface area (Å²) in [6.45, 7) is 12.3. The first-order chi connectivity index (χ1) is 9.34. The molecule has 0 amide bonds. The number of ether oxygens (including phenoxy) is 2. The van der Waals surface area contributed by atoms with Crippen LogP contribution in [-0.2, 0) is 9.47 Å². The van der Waals surface area contributed by atoms with Gasteiger partial charge in [0.1, 0.15) is 0 Å². The van der Waals surface area contributed by atoms with Gasteiger partial charge in [0.15, 0.2) is 5.96 Å². The fourth-order valence-electron chi connectivity index (χ4n) is 3.18. The largest absolute Gasteiger partial charge is 0.382 e. The molecule has 0 aromatic heterocycles. The Bertz CT molecular complexity index is 363. The first-order valence-electron chi connectivity index (χ1n) is 7.43. The monoisotopic (exact) mass is 283 g/mol. The molecule has 2 rings (SSSR count). The van der Waals surface area contributed by atoms with Crippen LogP contribution in [0.5, 0.6) is 0 Å². The first-order valence-corrected chi connectivity index (χ1v) is 7.43. The third-order valence-corrected chi connectivity index (χ3v) is 5.30. The molecule has 5 nitrogen and oxygen atoms in total. The molecule has 1 saturated heterocycles. The van der Waals surface area contributed by atoms with E-state index in [0.29, 0.717) is 23.5 Å². The van der Waals surface area contributed by atoms with Crippen LogP contribution in [0.15, 0.2) is 4.99 Å². The highest BCUT2D eigenvalue weighted by Crippen LogP contribution is 2.62. The molecule has 1 saturated carbocycles. The fourth-order valence-corrected chi connectivity index (χ4v) is 3.18. The van der Waals surface area contributed by atoms with E-state index in [9.17, 15) is 0 Å². The van der Waals surface area contributed by atoms with Gasteiger partial charge in [-0.05, 0) is 10.8 Å². The van der Waals surface area contributed by atoms with Crippen molar-refractivity contribution in [2.24, 2.45) is 15.8 Å². The van der Waals surface area contributed by atoms with Gasteiger partial charge < -0.3 is 19.7 Å². The Morgan fingerprint density at radius 3 is 2.50 bits per heavy atom. The predicted octanol–water partition coefficient (Wildman–Crippen LogP) is 1.34. The Labute approximate surface area is 122 Å². The Morgan fingerprint density at radius 1 is 1.35 bits per heavy atom. The van der Waals surface area contributed by atoms with Gasteiger partial charge in [0.05, 0.1) is 19.3 Å². The van der Waals surface area contributed by atoms with Crippen molar-refractivity contribution in [2.75, 3.05) is 40.5 Å². The first kappa shape index (κ1) is 15.6. The molecular weight excluding hydrogens is 254 g/mol. The van der Waals surface area contributed by atoms with Crippen molar-refractivity contribution >= 4 is 5.96 Å². The van der Waals surface area contributed by atoms with E-state index in [-0.39, 0.29) is 6.10 Å². The zero-order valence-electron chi connectivity index (χ0n) is 13.7. The normalized spacial score (nSPS) is 29.4. The number of methoxy groups -OCH3 is 1. The summed E-state index contributed by atoms with van der Waals surface area (Å²) in [5.41, 5.74) is 0.613. The van der Waals surface area contributed by atoms with E-state index in [1.807, 2.05) is 7.05 Å². The molecule has 2 aliphatic rings. The summed E-state index contributed by atoms with van der Waals surface area (Å²) in [7, 11) is 3.57. The summed E-state index contributed by atoms with van der Waals surface area (Å²) in [6, 6.07) is 0.470. The van der Waals surface area contributed by atoms with Gasteiger partial charge in [-0.3, -0.25) is 4.99 Å². The van der Waals surface area contributed by atoms with Crippen LogP contribution in [0.25, 0.3) is 0 Å². The highest BCUT2D eigenvalue weighted by molar-refractivity contribution is 5.81. The lowest BCUT2D eigenvalue weighted by molar-refractivity contribution is -0.0447. The molecule has 0 aromatic rings. The maximum atomic E-state index is 5.70. The van der Waals surface area contributed by atoms with Crippen molar-refractivity contribution in [1.29, 1.82) is 0 Å². The van der Waals surface area contributed by atoms with Crippen LogP contribution in [0.1, 0.15) is 27.7 Å². The minimum Gasteiger partial charge on any atom is -0.382 e. The Balaban J connectivity index is 1.96. The van der Waals surface area contributed by atoms with Gasteiger partial charge in [-0.2, -0.15) is 0 Å². The van der Waals surface area contributed by atoms with E-state index in [1.54, 1.807) is 7.11 Å². The second-order valence-corrected chi connectivity index (χ2v) is 6.96. The molecule has 1 unspecified atom stereocenters. The van der Waals surface area contributed by atoms with Gasteiger partial charge in [0, 0.05) is 33.3 Å². The molecule has 0 aromatic carbocycles. The maximum absolute atomic E-state index is 5.70. The molecule has 1 heterocycles. The lowest BCUT2D eigenvalue weighted by atomic mass is 10.0. The number of guanidine groups is 1. The van der Waals surface area contributed by atoms with Gasteiger partial charge in [0.25, 0.3) is 0 Å². The summed E-state index contributed by atoms with van der Waals surface area (Å²) >= 11 is 0. The smallest absolute Gasteiger partial charge is 0.194 e. The quantitative estimate of drug-likeness (QED) is 0.627. The van der Waals surface area contributed by atoms with Crippen molar-refractivity contribution in [1.82, 2.24) is 10.2 Å². The zero-order valence-corrected chi connectivity index (χ0v) is 13.7. The third-order valence-electron chi connectivity index (χ3n) is 5.30. The molecule has 5 heteroatoms. The number of nitrogens with one attached hydrogen (secondary N) is 1. The van der Waals surface area contributed by atoms with Crippen molar-refractivity contribution < 1.29 is 9.47 Å². The minimum absolute atomic E-state index is 0.132. The van der Waals surface area contributed by atoms with Crippen molar-refractivity contribution in [3.05, 3.63) is 0 Å². The molecule has 2 fully saturated rings. The molecule has 0 bridgehead atoms. The number of hydrogen-bond acceptors (Lipinski definition) is 3. The van der Waals surface area contributed by atoms with E-state index in [0.717, 1.165) is 25.7 Å². The van der Waals surface area contributed by atoms with E-state index in [1.165, 1.54) is 0 Å². The Kier molecular flexibility index (Phi) is 4.30. The standard InChI is InChI=1S/C15H29N3O2/c1-14(2)12(15(14,3)4)17-13(16-5)18-7-8-20-11(9-18)10-19-6/h11-12H,7-10H2,1-6H3,(H,16,17).